The van der Waals surface area contributed by atoms with Crippen LogP contribution < -0.4 is 5.32 Å². The first-order chi connectivity index (χ1) is 9.61. The Morgan fingerprint density at radius 2 is 1.95 bits per heavy atom. The van der Waals surface area contributed by atoms with Crippen molar-refractivity contribution in [2.75, 3.05) is 6.54 Å². The Bertz CT molecular complexity index is 503. The molecule has 0 fully saturated rings. The zero-order valence-corrected chi connectivity index (χ0v) is 14.8. The Morgan fingerprint density at radius 1 is 1.33 bits per heavy atom. The first-order valence-corrected chi connectivity index (χ1v) is 8.11. The van der Waals surface area contributed by atoms with Gasteiger partial charge in [0.1, 0.15) is 0 Å². The van der Waals surface area contributed by atoms with Gasteiger partial charge in [0.15, 0.2) is 0 Å². The summed E-state index contributed by atoms with van der Waals surface area (Å²) in [6.07, 6.45) is -3.60. The molecule has 1 N–H and O–H groups in total. The molecule has 118 valence electrons. The number of amides is 1. The Kier molecular flexibility index (Phi) is 6.71. The van der Waals surface area contributed by atoms with Crippen LogP contribution in [0.15, 0.2) is 22.7 Å². The molecule has 0 aliphatic carbocycles. The van der Waals surface area contributed by atoms with Crippen molar-refractivity contribution in [1.82, 2.24) is 5.32 Å². The topological polar surface area (TPSA) is 29.1 Å². The molecule has 1 rings (SSSR count). The van der Waals surface area contributed by atoms with Gasteiger partial charge in [-0.2, -0.15) is 13.2 Å². The van der Waals surface area contributed by atoms with E-state index in [2.05, 4.69) is 51.0 Å². The van der Waals surface area contributed by atoms with E-state index in [1.54, 1.807) is 0 Å². The minimum atomic E-state index is -4.47. The van der Waals surface area contributed by atoms with E-state index >= 15 is 0 Å². The third-order valence-corrected chi connectivity index (χ3v) is 4.14. The summed E-state index contributed by atoms with van der Waals surface area (Å²) in [5.74, 6) is -0.0623. The molecule has 0 spiro atoms. The number of carbonyl (C=O) groups excluding carboxylic acids is 1. The molecule has 0 aliphatic heterocycles. The van der Waals surface area contributed by atoms with Crippen LogP contribution in [0.25, 0.3) is 0 Å². The fourth-order valence-electron chi connectivity index (χ4n) is 1.77. The van der Waals surface area contributed by atoms with Crippen molar-refractivity contribution in [1.29, 1.82) is 0 Å². The molecule has 1 unspecified atom stereocenters. The quantitative estimate of drug-likeness (QED) is 0.653. The number of halogens is 5. The summed E-state index contributed by atoms with van der Waals surface area (Å²) in [7, 11) is 0. The smallest absolute Gasteiger partial charge is 0.351 e. The van der Waals surface area contributed by atoms with Crippen LogP contribution in [0.5, 0.6) is 0 Å². The minimum Gasteiger partial charge on any atom is -0.351 e. The van der Waals surface area contributed by atoms with Gasteiger partial charge in [-0.15, -0.1) is 0 Å². The molecule has 1 atom stereocenters. The first-order valence-electron chi connectivity index (χ1n) is 6.40. The summed E-state index contributed by atoms with van der Waals surface area (Å²) >= 11 is 6.54. The van der Waals surface area contributed by atoms with Crippen molar-refractivity contribution >= 4 is 37.8 Å². The van der Waals surface area contributed by atoms with Gasteiger partial charge in [-0.25, -0.2) is 0 Å². The van der Waals surface area contributed by atoms with Crippen molar-refractivity contribution in [3.8, 4) is 0 Å². The largest absolute Gasteiger partial charge is 0.416 e. The monoisotopic (exact) mass is 429 g/mol. The predicted octanol–water partition coefficient (Wildman–Crippen LogP) is 5.01. The number of hydrogen-bond acceptors (Lipinski definition) is 1. The summed E-state index contributed by atoms with van der Waals surface area (Å²) in [5.41, 5.74) is -0.859. The van der Waals surface area contributed by atoms with E-state index in [0.29, 0.717) is 16.9 Å². The molecule has 1 aromatic rings. The Balaban J connectivity index is 2.78. The summed E-state index contributed by atoms with van der Waals surface area (Å²) in [6.45, 7) is 4.47. The van der Waals surface area contributed by atoms with Gasteiger partial charge in [-0.1, -0.05) is 29.8 Å². The number of hydrogen-bond donors (Lipinski definition) is 1. The second-order valence-corrected chi connectivity index (χ2v) is 7.28. The maximum atomic E-state index is 12.7. The van der Waals surface area contributed by atoms with Gasteiger partial charge in [0, 0.05) is 15.8 Å². The lowest BCUT2D eigenvalue weighted by atomic mass is 10.1. The summed E-state index contributed by atoms with van der Waals surface area (Å²) in [4.78, 5) is 12.1. The molecule has 21 heavy (non-hydrogen) atoms. The van der Waals surface area contributed by atoms with E-state index in [-0.39, 0.29) is 10.4 Å². The Hall–Kier alpha value is -0.560. The fourth-order valence-corrected chi connectivity index (χ4v) is 3.11. The molecule has 0 saturated heterocycles. The number of carbonyl (C=O) groups is 1. The van der Waals surface area contributed by atoms with Crippen LogP contribution in [0.2, 0.25) is 0 Å². The lowest BCUT2D eigenvalue weighted by molar-refractivity contribution is -0.137. The molecule has 1 aromatic carbocycles. The molecular weight excluding hydrogens is 415 g/mol. The van der Waals surface area contributed by atoms with Gasteiger partial charge in [0.25, 0.3) is 5.91 Å². The average molecular weight is 431 g/mol. The van der Waals surface area contributed by atoms with Crippen molar-refractivity contribution < 1.29 is 18.0 Å². The second-order valence-electron chi connectivity index (χ2n) is 5.13. The molecule has 0 bridgehead atoms. The van der Waals surface area contributed by atoms with Crippen LogP contribution in [0.4, 0.5) is 13.2 Å². The van der Waals surface area contributed by atoms with Gasteiger partial charge in [-0.3, -0.25) is 4.79 Å². The maximum Gasteiger partial charge on any atom is 0.416 e. The van der Waals surface area contributed by atoms with E-state index in [0.717, 1.165) is 18.6 Å². The molecule has 1 amide bonds. The molecule has 0 radical (unpaired) electrons. The van der Waals surface area contributed by atoms with Gasteiger partial charge < -0.3 is 5.32 Å². The highest BCUT2D eigenvalue weighted by Crippen LogP contribution is 2.31. The first kappa shape index (κ1) is 18.5. The van der Waals surface area contributed by atoms with Crippen LogP contribution >= 0.6 is 31.9 Å². The summed E-state index contributed by atoms with van der Waals surface area (Å²) in [6, 6.07) is 3.02. The lowest BCUT2D eigenvalue weighted by Gasteiger charge is -2.14. The van der Waals surface area contributed by atoms with E-state index < -0.39 is 17.6 Å². The Labute approximate surface area is 138 Å². The molecule has 0 aromatic heterocycles. The van der Waals surface area contributed by atoms with Crippen molar-refractivity contribution in [2.45, 2.75) is 31.3 Å². The van der Waals surface area contributed by atoms with Gasteiger partial charge in [-0.05, 0) is 46.5 Å². The second kappa shape index (κ2) is 7.63. The third kappa shape index (κ3) is 5.98. The molecule has 0 saturated carbocycles. The highest BCUT2D eigenvalue weighted by molar-refractivity contribution is 9.10. The number of benzene rings is 1. The van der Waals surface area contributed by atoms with Crippen LogP contribution in [-0.2, 0) is 6.18 Å². The highest BCUT2D eigenvalue weighted by Gasteiger charge is 2.31. The van der Waals surface area contributed by atoms with Crippen LogP contribution in [0.3, 0.4) is 0 Å². The molecule has 0 aliphatic rings. The predicted molar refractivity (Wildman–Crippen MR) is 83.6 cm³/mol. The van der Waals surface area contributed by atoms with Gasteiger partial charge in [0.05, 0.1) is 11.1 Å². The van der Waals surface area contributed by atoms with E-state index in [1.807, 2.05) is 0 Å². The van der Waals surface area contributed by atoms with Crippen molar-refractivity contribution in [3.63, 3.8) is 0 Å². The molecular formula is C14H16Br2F3NO. The Morgan fingerprint density at radius 3 is 2.48 bits per heavy atom. The maximum absolute atomic E-state index is 12.7. The summed E-state index contributed by atoms with van der Waals surface area (Å²) in [5, 5.41) is 2.64. The van der Waals surface area contributed by atoms with Crippen molar-refractivity contribution in [3.05, 3.63) is 33.8 Å². The SMILES string of the molecule is CC(C)CC(Br)CNC(=O)c1cc(C(F)(F)F)ccc1Br. The number of rotatable bonds is 5. The molecule has 0 heterocycles. The van der Waals surface area contributed by atoms with E-state index in [4.69, 9.17) is 0 Å². The average Bonchev–Trinajstić information content (AvgIpc) is 2.34. The van der Waals surface area contributed by atoms with Gasteiger partial charge in [0.2, 0.25) is 0 Å². The minimum absolute atomic E-state index is 0.0194. The zero-order chi connectivity index (χ0) is 16.2. The normalized spacial score (nSPS) is 13.3. The highest BCUT2D eigenvalue weighted by atomic mass is 79.9. The third-order valence-electron chi connectivity index (χ3n) is 2.75. The van der Waals surface area contributed by atoms with Crippen LogP contribution in [0, 0.1) is 5.92 Å². The van der Waals surface area contributed by atoms with Crippen molar-refractivity contribution in [2.24, 2.45) is 5.92 Å². The molecule has 2 nitrogen and oxygen atoms in total. The summed E-state index contributed by atoms with van der Waals surface area (Å²) < 4.78 is 38.3. The number of nitrogens with one attached hydrogen (secondary N) is 1. The zero-order valence-electron chi connectivity index (χ0n) is 11.6. The molecule has 7 heteroatoms. The van der Waals surface area contributed by atoms with E-state index in [1.165, 1.54) is 6.07 Å². The lowest BCUT2D eigenvalue weighted by Crippen LogP contribution is -2.30. The van der Waals surface area contributed by atoms with Gasteiger partial charge >= 0.3 is 6.18 Å². The number of alkyl halides is 4. The van der Waals surface area contributed by atoms with Crippen LogP contribution in [0.1, 0.15) is 36.2 Å². The van der Waals surface area contributed by atoms with Crippen LogP contribution in [-0.4, -0.2) is 17.3 Å². The fraction of sp³-hybridized carbons (Fsp3) is 0.500. The van der Waals surface area contributed by atoms with E-state index in [9.17, 15) is 18.0 Å². The standard InChI is InChI=1S/C14H16Br2F3NO/c1-8(2)5-10(15)7-20-13(21)11-6-9(14(17,18)19)3-4-12(11)16/h3-4,6,8,10H,5,7H2,1-2H3,(H,20,21).